The third-order valence-corrected chi connectivity index (χ3v) is 6.42. The lowest BCUT2D eigenvalue weighted by atomic mass is 9.82. The predicted octanol–water partition coefficient (Wildman–Crippen LogP) is 3.88. The molecule has 2 unspecified atom stereocenters. The lowest BCUT2D eigenvalue weighted by Crippen LogP contribution is -2.28. The van der Waals surface area contributed by atoms with E-state index in [9.17, 15) is 0 Å². The molecule has 2 fully saturated rings. The predicted molar refractivity (Wildman–Crippen MR) is 106 cm³/mol. The van der Waals surface area contributed by atoms with Crippen LogP contribution in [0.5, 0.6) is 0 Å². The summed E-state index contributed by atoms with van der Waals surface area (Å²) in [7, 11) is 0. The molecule has 1 N–H and O–H groups in total. The lowest BCUT2D eigenvalue weighted by Gasteiger charge is -2.25. The van der Waals surface area contributed by atoms with Crippen molar-refractivity contribution in [2.45, 2.75) is 25.3 Å². The molecule has 6 rings (SSSR count). The van der Waals surface area contributed by atoms with Crippen molar-refractivity contribution in [1.29, 1.82) is 0 Å². The van der Waals surface area contributed by atoms with E-state index in [1.54, 1.807) is 12.7 Å². The van der Waals surface area contributed by atoms with E-state index in [0.717, 1.165) is 29.9 Å². The Morgan fingerprint density at radius 1 is 1.19 bits per heavy atom. The van der Waals surface area contributed by atoms with E-state index in [2.05, 4.69) is 73.4 Å². The van der Waals surface area contributed by atoms with Gasteiger partial charge < -0.3 is 9.88 Å². The first kappa shape index (κ1) is 15.1. The summed E-state index contributed by atoms with van der Waals surface area (Å²) in [6.45, 7) is 1.01. The molecule has 1 saturated carbocycles. The van der Waals surface area contributed by atoms with Gasteiger partial charge in [-0.2, -0.15) is 0 Å². The van der Waals surface area contributed by atoms with E-state index in [1.807, 2.05) is 0 Å². The molecule has 0 radical (unpaired) electrons. The van der Waals surface area contributed by atoms with Gasteiger partial charge in [0.1, 0.15) is 11.8 Å². The summed E-state index contributed by atoms with van der Waals surface area (Å²) in [5.74, 6) is 1.66. The van der Waals surface area contributed by atoms with E-state index in [4.69, 9.17) is 0 Å². The molecule has 0 aromatic carbocycles. The molecule has 134 valence electrons. The number of rotatable bonds is 3. The van der Waals surface area contributed by atoms with Crippen LogP contribution >= 0.6 is 0 Å². The average Bonchev–Trinajstić information content (AvgIpc) is 3.05. The summed E-state index contributed by atoms with van der Waals surface area (Å²) < 4.78 is 0. The number of nitrogens with zero attached hydrogens (tertiary/aromatic N) is 4. The summed E-state index contributed by atoms with van der Waals surface area (Å²) in [5.41, 5.74) is 4.78. The minimum Gasteiger partial charge on any atom is -0.348 e. The van der Waals surface area contributed by atoms with Crippen LogP contribution < -0.4 is 4.90 Å². The first-order valence-corrected chi connectivity index (χ1v) is 9.73. The number of H-pyrrole nitrogens is 1. The van der Waals surface area contributed by atoms with Crippen LogP contribution in [0.3, 0.4) is 0 Å². The van der Waals surface area contributed by atoms with Crippen molar-refractivity contribution in [2.75, 3.05) is 11.4 Å². The fourth-order valence-corrected chi connectivity index (χ4v) is 4.93. The van der Waals surface area contributed by atoms with E-state index in [1.165, 1.54) is 24.0 Å². The molecule has 3 heterocycles. The van der Waals surface area contributed by atoms with Gasteiger partial charge in [0.15, 0.2) is 11.5 Å². The van der Waals surface area contributed by atoms with Crippen LogP contribution in [0, 0.1) is 11.3 Å². The smallest absolute Gasteiger partial charge is 0.182 e. The molecule has 3 atom stereocenters. The number of aromatic nitrogens is 4. The number of imidazole rings is 1. The van der Waals surface area contributed by atoms with Crippen molar-refractivity contribution in [3.8, 4) is 0 Å². The molecule has 5 heteroatoms. The van der Waals surface area contributed by atoms with E-state index in [0.29, 0.717) is 12.0 Å². The van der Waals surface area contributed by atoms with Crippen molar-refractivity contribution < 1.29 is 0 Å². The highest BCUT2D eigenvalue weighted by atomic mass is 15.2. The van der Waals surface area contributed by atoms with Gasteiger partial charge in [-0.05, 0) is 36.3 Å². The highest BCUT2D eigenvalue weighted by Gasteiger charge is 2.54. The largest absolute Gasteiger partial charge is 0.348 e. The number of hydrogen-bond donors (Lipinski definition) is 1. The first-order chi connectivity index (χ1) is 13.4. The van der Waals surface area contributed by atoms with Crippen molar-refractivity contribution >= 4 is 17.0 Å². The number of nitrogens with one attached hydrogen (secondary N) is 1. The van der Waals surface area contributed by atoms with Crippen LogP contribution in [0.4, 0.5) is 5.82 Å². The minimum atomic E-state index is 0.285. The van der Waals surface area contributed by atoms with Gasteiger partial charge in [0, 0.05) is 18.0 Å². The van der Waals surface area contributed by atoms with Crippen LogP contribution in [0.2, 0.25) is 0 Å². The molecule has 4 aliphatic rings. The number of fused-ring (bicyclic) bond motifs is 1. The molecule has 2 aromatic heterocycles. The average molecular weight is 355 g/mol. The monoisotopic (exact) mass is 355 g/mol. The fourth-order valence-electron chi connectivity index (χ4n) is 4.93. The summed E-state index contributed by atoms with van der Waals surface area (Å²) in [5, 5.41) is 0. The molecule has 3 aliphatic carbocycles. The van der Waals surface area contributed by atoms with Crippen molar-refractivity contribution in [3.05, 3.63) is 72.4 Å². The van der Waals surface area contributed by atoms with Gasteiger partial charge in [0.05, 0.1) is 6.33 Å². The minimum absolute atomic E-state index is 0.285. The van der Waals surface area contributed by atoms with Gasteiger partial charge in [-0.15, -0.1) is 0 Å². The highest BCUT2D eigenvalue weighted by molar-refractivity contribution is 5.83. The second kappa shape index (κ2) is 5.52. The topological polar surface area (TPSA) is 57.7 Å². The Morgan fingerprint density at radius 3 is 3.19 bits per heavy atom. The highest BCUT2D eigenvalue weighted by Crippen LogP contribution is 2.63. The Labute approximate surface area is 157 Å². The Hall–Kier alpha value is -2.95. The molecule has 5 nitrogen and oxygen atoms in total. The molecule has 1 saturated heterocycles. The number of anilines is 1. The second-order valence-corrected chi connectivity index (χ2v) is 7.86. The zero-order chi connectivity index (χ0) is 17.8. The quantitative estimate of drug-likeness (QED) is 0.908. The van der Waals surface area contributed by atoms with Gasteiger partial charge in [-0.3, -0.25) is 0 Å². The van der Waals surface area contributed by atoms with Crippen LogP contribution in [0.25, 0.3) is 11.2 Å². The molecule has 1 spiro atoms. The van der Waals surface area contributed by atoms with Crippen molar-refractivity contribution in [1.82, 2.24) is 19.9 Å². The number of hydrogen-bond acceptors (Lipinski definition) is 4. The second-order valence-electron chi connectivity index (χ2n) is 7.86. The van der Waals surface area contributed by atoms with Crippen molar-refractivity contribution in [2.24, 2.45) is 11.3 Å². The third kappa shape index (κ3) is 2.21. The summed E-state index contributed by atoms with van der Waals surface area (Å²) in [4.78, 5) is 18.6. The van der Waals surface area contributed by atoms with Crippen LogP contribution in [-0.4, -0.2) is 32.5 Å². The fraction of sp³-hybridized carbons (Fsp3) is 0.318. The zero-order valence-electron chi connectivity index (χ0n) is 15.0. The third-order valence-electron chi connectivity index (χ3n) is 6.42. The molecule has 27 heavy (non-hydrogen) atoms. The Morgan fingerprint density at radius 2 is 2.19 bits per heavy atom. The Kier molecular flexibility index (Phi) is 3.10. The molecular formula is C22H21N5. The number of aromatic amines is 1. The standard InChI is InChI=1S/C22H21N5/c1-2-10-22-12-16(22)8-6-15(18(22)5-1)7-9-17-4-3-11-27(17)21-19-20(24-13-23-19)25-14-26-21/h1-2,5-10,13-14,16-17H,3-4,11-12H2,(H,23,24,25,26)/b9-7+/t16?,17-,22?/m1/s1. The summed E-state index contributed by atoms with van der Waals surface area (Å²) >= 11 is 0. The first-order valence-electron chi connectivity index (χ1n) is 9.73. The van der Waals surface area contributed by atoms with Crippen LogP contribution in [0.15, 0.2) is 72.4 Å². The van der Waals surface area contributed by atoms with Gasteiger partial charge in [0.2, 0.25) is 0 Å². The molecular weight excluding hydrogens is 334 g/mol. The zero-order valence-corrected chi connectivity index (χ0v) is 15.0. The van der Waals surface area contributed by atoms with Gasteiger partial charge in [-0.25, -0.2) is 15.0 Å². The Bertz CT molecular complexity index is 1070. The molecule has 0 amide bonds. The summed E-state index contributed by atoms with van der Waals surface area (Å²) in [6.07, 6.45) is 25.3. The Balaban J connectivity index is 1.33. The van der Waals surface area contributed by atoms with Gasteiger partial charge >= 0.3 is 0 Å². The lowest BCUT2D eigenvalue weighted by molar-refractivity contribution is 0.731. The van der Waals surface area contributed by atoms with E-state index < -0.39 is 0 Å². The SMILES string of the molecule is C1=CC2=C(/C=C/[C@H]3CCCN3c3ncnc4nc[nH]c34)C=CC3CC23C=C1. The van der Waals surface area contributed by atoms with Crippen LogP contribution in [-0.2, 0) is 0 Å². The maximum Gasteiger partial charge on any atom is 0.182 e. The maximum absolute atomic E-state index is 4.55. The maximum atomic E-state index is 4.55. The molecule has 0 bridgehead atoms. The van der Waals surface area contributed by atoms with Gasteiger partial charge in [0.25, 0.3) is 0 Å². The summed E-state index contributed by atoms with van der Waals surface area (Å²) in [6, 6.07) is 0.351. The van der Waals surface area contributed by atoms with Crippen molar-refractivity contribution in [3.63, 3.8) is 0 Å². The molecule has 1 aliphatic heterocycles. The number of allylic oxidation sites excluding steroid dienone is 9. The normalized spacial score (nSPS) is 31.2. The van der Waals surface area contributed by atoms with E-state index in [-0.39, 0.29) is 5.41 Å². The van der Waals surface area contributed by atoms with E-state index >= 15 is 0 Å². The van der Waals surface area contributed by atoms with Crippen LogP contribution in [0.1, 0.15) is 19.3 Å². The molecule has 2 aromatic rings. The van der Waals surface area contributed by atoms with Gasteiger partial charge in [-0.1, -0.05) is 48.6 Å².